The highest BCUT2D eigenvalue weighted by Crippen LogP contribution is 2.75. The Kier molecular flexibility index (Phi) is 5.06. The van der Waals surface area contributed by atoms with Crippen molar-refractivity contribution in [1.29, 1.82) is 0 Å². The quantitative estimate of drug-likeness (QED) is 0.299. The second-order valence-electron chi connectivity index (χ2n) is 11.4. The summed E-state index contributed by atoms with van der Waals surface area (Å²) in [7, 11) is 0. The number of epoxide rings is 1. The largest absolute Gasteiger partial charge is 0.463 e. The fourth-order valence-electron chi connectivity index (χ4n) is 8.73. The third kappa shape index (κ3) is 2.80. The molecule has 1 spiro atoms. The molecule has 5 rings (SSSR count). The van der Waals surface area contributed by atoms with Crippen LogP contribution in [0.1, 0.15) is 79.1 Å². The van der Waals surface area contributed by atoms with Crippen molar-refractivity contribution in [3.63, 3.8) is 0 Å². The zero-order chi connectivity index (χ0) is 23.8. The fourth-order valence-corrected chi connectivity index (χ4v) is 8.73. The Morgan fingerprint density at radius 1 is 1.12 bits per heavy atom. The Labute approximate surface area is 195 Å². The molecule has 0 aromatic heterocycles. The summed E-state index contributed by atoms with van der Waals surface area (Å²) in [4.78, 5) is 36.9. The molecule has 0 aromatic carbocycles. The highest BCUT2D eigenvalue weighted by Gasteiger charge is 2.88. The SMILES string of the molecule is CCOC(=O)[C@@]1(C(N)=O)O[C@@]12CC[C@@H]1[C@H]3CC=C4C[C@@H](OC(C)=O)CC[C@]4(C)[C@H]3CC[C@@]12C. The number of amides is 1. The van der Waals surface area contributed by atoms with Gasteiger partial charge in [-0.05, 0) is 75.0 Å². The number of primary amides is 1. The number of fused-ring (bicyclic) bond motifs is 6. The van der Waals surface area contributed by atoms with Crippen LogP contribution in [0.4, 0.5) is 0 Å². The van der Waals surface area contributed by atoms with Gasteiger partial charge in [-0.15, -0.1) is 0 Å². The van der Waals surface area contributed by atoms with Crippen molar-refractivity contribution in [2.45, 2.75) is 96.4 Å². The first kappa shape index (κ1) is 22.9. The van der Waals surface area contributed by atoms with Crippen molar-refractivity contribution < 1.29 is 28.6 Å². The van der Waals surface area contributed by atoms with E-state index < -0.39 is 23.1 Å². The van der Waals surface area contributed by atoms with E-state index in [4.69, 9.17) is 19.9 Å². The van der Waals surface area contributed by atoms with Crippen LogP contribution in [0.25, 0.3) is 0 Å². The van der Waals surface area contributed by atoms with Gasteiger partial charge in [0.15, 0.2) is 0 Å². The molecule has 0 radical (unpaired) electrons. The molecule has 1 aliphatic heterocycles. The van der Waals surface area contributed by atoms with E-state index >= 15 is 0 Å². The van der Waals surface area contributed by atoms with Gasteiger partial charge in [0.05, 0.1) is 6.61 Å². The van der Waals surface area contributed by atoms with E-state index in [0.717, 1.165) is 44.9 Å². The number of carbonyl (C=O) groups is 3. The Hall–Kier alpha value is -1.89. The molecule has 1 saturated heterocycles. The Morgan fingerprint density at radius 2 is 1.85 bits per heavy atom. The van der Waals surface area contributed by atoms with Gasteiger partial charge >= 0.3 is 11.9 Å². The van der Waals surface area contributed by atoms with Crippen molar-refractivity contribution >= 4 is 17.8 Å². The predicted molar refractivity (Wildman–Crippen MR) is 120 cm³/mol. The average molecular weight is 460 g/mol. The number of rotatable bonds is 4. The smallest absolute Gasteiger partial charge is 0.351 e. The van der Waals surface area contributed by atoms with Crippen molar-refractivity contribution in [3.05, 3.63) is 11.6 Å². The molecule has 2 N–H and O–H groups in total. The molecule has 0 aromatic rings. The van der Waals surface area contributed by atoms with Crippen molar-refractivity contribution in [2.24, 2.45) is 34.3 Å². The third-order valence-electron chi connectivity index (χ3n) is 10.3. The predicted octanol–water partition coefficient (Wildman–Crippen LogP) is 3.44. The zero-order valence-electron chi connectivity index (χ0n) is 20.3. The maximum absolute atomic E-state index is 12.9. The van der Waals surface area contributed by atoms with Crippen LogP contribution in [0.3, 0.4) is 0 Å². The molecular formula is C26H37NO6. The summed E-state index contributed by atoms with van der Waals surface area (Å²) in [5.74, 6) is -0.138. The summed E-state index contributed by atoms with van der Waals surface area (Å²) in [5.41, 5.74) is 4.57. The van der Waals surface area contributed by atoms with Crippen molar-refractivity contribution in [3.8, 4) is 0 Å². The lowest BCUT2D eigenvalue weighted by Gasteiger charge is -2.57. The van der Waals surface area contributed by atoms with Crippen LogP contribution in [-0.4, -0.2) is 41.8 Å². The lowest BCUT2D eigenvalue weighted by Crippen LogP contribution is -2.56. The molecule has 7 nitrogen and oxygen atoms in total. The Bertz CT molecular complexity index is 930. The average Bonchev–Trinajstić information content (AvgIpc) is 3.36. The molecule has 5 aliphatic rings. The van der Waals surface area contributed by atoms with Crippen molar-refractivity contribution in [2.75, 3.05) is 6.61 Å². The maximum atomic E-state index is 12.9. The maximum Gasteiger partial charge on any atom is 0.351 e. The molecule has 33 heavy (non-hydrogen) atoms. The highest BCUT2D eigenvalue weighted by atomic mass is 16.7. The van der Waals surface area contributed by atoms with Crippen LogP contribution in [0.15, 0.2) is 11.6 Å². The number of hydrogen-bond acceptors (Lipinski definition) is 6. The van der Waals surface area contributed by atoms with E-state index in [1.54, 1.807) is 6.92 Å². The van der Waals surface area contributed by atoms with Gasteiger partial charge in [0.25, 0.3) is 11.5 Å². The number of esters is 2. The van der Waals surface area contributed by atoms with E-state index in [0.29, 0.717) is 24.2 Å². The summed E-state index contributed by atoms with van der Waals surface area (Å²) in [6, 6.07) is 0. The molecule has 0 bridgehead atoms. The summed E-state index contributed by atoms with van der Waals surface area (Å²) in [6.45, 7) is 8.02. The molecular weight excluding hydrogens is 422 g/mol. The fraction of sp³-hybridized carbons (Fsp3) is 0.808. The topological polar surface area (TPSA) is 108 Å². The molecule has 1 heterocycles. The molecule has 4 aliphatic carbocycles. The second-order valence-corrected chi connectivity index (χ2v) is 11.4. The first-order valence-corrected chi connectivity index (χ1v) is 12.6. The van der Waals surface area contributed by atoms with E-state index in [-0.39, 0.29) is 29.5 Å². The van der Waals surface area contributed by atoms with Crippen LogP contribution < -0.4 is 5.73 Å². The number of ether oxygens (including phenoxy) is 3. The van der Waals surface area contributed by atoms with Crippen LogP contribution in [-0.2, 0) is 28.6 Å². The molecule has 8 atom stereocenters. The van der Waals surface area contributed by atoms with E-state index in [1.165, 1.54) is 12.5 Å². The van der Waals surface area contributed by atoms with E-state index in [1.807, 2.05) is 0 Å². The van der Waals surface area contributed by atoms with Gasteiger partial charge in [0.1, 0.15) is 11.7 Å². The molecule has 7 heteroatoms. The summed E-state index contributed by atoms with van der Waals surface area (Å²) in [6.07, 6.45) is 9.68. The minimum absolute atomic E-state index is 0.0115. The summed E-state index contributed by atoms with van der Waals surface area (Å²) in [5, 5.41) is 0. The number of allylic oxidation sites excluding steroid dienone is 1. The minimum Gasteiger partial charge on any atom is -0.463 e. The molecule has 3 saturated carbocycles. The van der Waals surface area contributed by atoms with Crippen molar-refractivity contribution in [1.82, 2.24) is 0 Å². The minimum atomic E-state index is -1.64. The number of carbonyl (C=O) groups excluding carboxylic acids is 3. The summed E-state index contributed by atoms with van der Waals surface area (Å²) >= 11 is 0. The highest BCUT2D eigenvalue weighted by molar-refractivity contribution is 6.10. The van der Waals surface area contributed by atoms with E-state index in [9.17, 15) is 14.4 Å². The lowest BCUT2D eigenvalue weighted by atomic mass is 9.47. The van der Waals surface area contributed by atoms with Gasteiger partial charge in [0, 0.05) is 18.8 Å². The van der Waals surface area contributed by atoms with Crippen LogP contribution in [0, 0.1) is 28.6 Å². The first-order valence-electron chi connectivity index (χ1n) is 12.6. The Morgan fingerprint density at radius 3 is 2.52 bits per heavy atom. The standard InChI is InChI=1S/C26H37NO6/c1-5-31-22(30)26(21(27)29)25(33-26)13-10-20-18-7-6-16-14-17(32-15(2)28)8-11-23(16,3)19(18)9-12-24(20,25)4/h6,17-20H,5,7-14H2,1-4H3,(H2,27,29)/t17-,18-,19-,20+,23-,24-,25+,26+/m0/s1. The van der Waals surface area contributed by atoms with Crippen LogP contribution in [0.5, 0.6) is 0 Å². The van der Waals surface area contributed by atoms with Crippen LogP contribution in [0.2, 0.25) is 0 Å². The van der Waals surface area contributed by atoms with Gasteiger partial charge in [-0.2, -0.15) is 0 Å². The Balaban J connectivity index is 1.43. The van der Waals surface area contributed by atoms with Gasteiger partial charge in [0.2, 0.25) is 0 Å². The van der Waals surface area contributed by atoms with E-state index in [2.05, 4.69) is 19.9 Å². The molecule has 0 unspecified atom stereocenters. The van der Waals surface area contributed by atoms with Gasteiger partial charge in [-0.3, -0.25) is 9.59 Å². The van der Waals surface area contributed by atoms with Gasteiger partial charge in [-0.25, -0.2) is 4.79 Å². The van der Waals surface area contributed by atoms with Gasteiger partial charge in [-0.1, -0.05) is 25.5 Å². The molecule has 1 amide bonds. The van der Waals surface area contributed by atoms with Crippen LogP contribution >= 0.6 is 0 Å². The molecule has 4 fully saturated rings. The zero-order valence-corrected chi connectivity index (χ0v) is 20.3. The van der Waals surface area contributed by atoms with Gasteiger partial charge < -0.3 is 19.9 Å². The number of nitrogens with two attached hydrogens (primary N) is 1. The first-order chi connectivity index (χ1) is 15.6. The normalized spacial score (nSPS) is 47.6. The number of hydrogen-bond donors (Lipinski definition) is 1. The molecule has 182 valence electrons. The lowest BCUT2D eigenvalue weighted by molar-refractivity contribution is -0.153. The monoisotopic (exact) mass is 459 g/mol. The third-order valence-corrected chi connectivity index (χ3v) is 10.3. The second kappa shape index (κ2) is 7.30. The summed E-state index contributed by atoms with van der Waals surface area (Å²) < 4.78 is 17.0.